The van der Waals surface area contributed by atoms with Gasteiger partial charge in [0, 0.05) is 5.56 Å². The molecule has 0 aliphatic rings. The Morgan fingerprint density at radius 3 is 2.58 bits per heavy atom. The van der Waals surface area contributed by atoms with Crippen molar-refractivity contribution < 1.29 is 14.6 Å². The van der Waals surface area contributed by atoms with Crippen LogP contribution in [0.3, 0.4) is 0 Å². The third-order valence-electron chi connectivity index (χ3n) is 2.61. The minimum atomic E-state index is -0.300. The number of hydrogen-bond acceptors (Lipinski definition) is 3. The number of aromatic hydroxyl groups is 1. The van der Waals surface area contributed by atoms with Gasteiger partial charge in [-0.2, -0.15) is 0 Å². The standard InChI is InChI=1S/C14H10Cl2O3/c1-19-14-10(5-6-11(15)12(14)16)13(18)8-3-2-4-9(17)7-8/h2-7,17H,1H3. The van der Waals surface area contributed by atoms with E-state index in [2.05, 4.69) is 0 Å². The van der Waals surface area contributed by atoms with Crippen molar-refractivity contribution in [2.45, 2.75) is 0 Å². The number of methoxy groups -OCH3 is 1. The van der Waals surface area contributed by atoms with E-state index >= 15 is 0 Å². The van der Waals surface area contributed by atoms with Crippen LogP contribution in [-0.2, 0) is 0 Å². The highest BCUT2D eigenvalue weighted by atomic mass is 35.5. The van der Waals surface area contributed by atoms with E-state index in [9.17, 15) is 9.90 Å². The summed E-state index contributed by atoms with van der Waals surface area (Å²) in [5.74, 6) is -0.0568. The number of halogens is 2. The lowest BCUT2D eigenvalue weighted by Crippen LogP contribution is -2.04. The zero-order valence-electron chi connectivity index (χ0n) is 9.98. The van der Waals surface area contributed by atoms with Crippen LogP contribution in [0.2, 0.25) is 10.0 Å². The van der Waals surface area contributed by atoms with Crippen molar-refractivity contribution in [2.75, 3.05) is 7.11 Å². The van der Waals surface area contributed by atoms with Crippen LogP contribution in [0.25, 0.3) is 0 Å². The number of carbonyl (C=O) groups is 1. The number of phenolic OH excluding ortho intramolecular Hbond substituents is 1. The number of ether oxygens (including phenoxy) is 1. The molecular formula is C14H10Cl2O3. The van der Waals surface area contributed by atoms with Crippen LogP contribution in [0.1, 0.15) is 15.9 Å². The maximum atomic E-state index is 12.3. The Kier molecular flexibility index (Phi) is 3.98. The zero-order chi connectivity index (χ0) is 14.0. The molecule has 0 spiro atoms. The summed E-state index contributed by atoms with van der Waals surface area (Å²) < 4.78 is 5.13. The molecule has 3 nitrogen and oxygen atoms in total. The molecule has 0 aliphatic heterocycles. The van der Waals surface area contributed by atoms with Gasteiger partial charge in [0.25, 0.3) is 0 Å². The first-order chi connectivity index (χ1) is 9.04. The first kappa shape index (κ1) is 13.7. The highest BCUT2D eigenvalue weighted by Crippen LogP contribution is 2.36. The average molecular weight is 297 g/mol. The fraction of sp³-hybridized carbons (Fsp3) is 0.0714. The topological polar surface area (TPSA) is 46.5 Å². The summed E-state index contributed by atoms with van der Waals surface area (Å²) in [5.41, 5.74) is 0.638. The van der Waals surface area contributed by atoms with Crippen molar-refractivity contribution in [3.8, 4) is 11.5 Å². The Balaban J connectivity index is 2.53. The van der Waals surface area contributed by atoms with Crippen molar-refractivity contribution in [1.29, 1.82) is 0 Å². The van der Waals surface area contributed by atoms with E-state index in [0.717, 1.165) is 0 Å². The largest absolute Gasteiger partial charge is 0.508 e. The minimum absolute atomic E-state index is 0.0184. The number of carbonyl (C=O) groups excluding carboxylic acids is 1. The predicted octanol–water partition coefficient (Wildman–Crippen LogP) is 3.94. The van der Waals surface area contributed by atoms with Crippen LogP contribution >= 0.6 is 23.2 Å². The van der Waals surface area contributed by atoms with Crippen molar-refractivity contribution in [1.82, 2.24) is 0 Å². The Hall–Kier alpha value is -1.71. The van der Waals surface area contributed by atoms with E-state index in [0.29, 0.717) is 16.1 Å². The minimum Gasteiger partial charge on any atom is -0.508 e. The molecule has 0 aromatic heterocycles. The Labute approximate surface area is 120 Å². The summed E-state index contributed by atoms with van der Waals surface area (Å²) in [6.07, 6.45) is 0. The molecule has 0 aliphatic carbocycles. The molecule has 2 rings (SSSR count). The molecule has 0 radical (unpaired) electrons. The van der Waals surface area contributed by atoms with Gasteiger partial charge in [-0.15, -0.1) is 0 Å². The smallest absolute Gasteiger partial charge is 0.196 e. The third kappa shape index (κ3) is 2.67. The molecule has 0 saturated carbocycles. The van der Waals surface area contributed by atoms with Crippen LogP contribution in [0.15, 0.2) is 36.4 Å². The van der Waals surface area contributed by atoms with Crippen molar-refractivity contribution in [3.05, 3.63) is 57.6 Å². The first-order valence-corrected chi connectivity index (χ1v) is 6.16. The van der Waals surface area contributed by atoms with E-state index in [1.807, 2.05) is 0 Å². The third-order valence-corrected chi connectivity index (χ3v) is 3.39. The summed E-state index contributed by atoms with van der Waals surface area (Å²) in [7, 11) is 1.41. The van der Waals surface area contributed by atoms with Crippen LogP contribution in [0.5, 0.6) is 11.5 Å². The number of ketones is 1. The molecule has 0 fully saturated rings. The van der Waals surface area contributed by atoms with Crippen LogP contribution < -0.4 is 4.74 Å². The van der Waals surface area contributed by atoms with E-state index in [1.54, 1.807) is 18.2 Å². The van der Waals surface area contributed by atoms with E-state index < -0.39 is 0 Å². The molecule has 19 heavy (non-hydrogen) atoms. The van der Waals surface area contributed by atoms with E-state index in [4.69, 9.17) is 27.9 Å². The lowest BCUT2D eigenvalue weighted by Gasteiger charge is -2.10. The zero-order valence-corrected chi connectivity index (χ0v) is 11.5. The van der Waals surface area contributed by atoms with Gasteiger partial charge >= 0.3 is 0 Å². The normalized spacial score (nSPS) is 10.3. The second kappa shape index (κ2) is 5.51. The maximum Gasteiger partial charge on any atom is 0.196 e. The molecule has 2 aromatic rings. The quantitative estimate of drug-likeness (QED) is 0.873. The number of phenols is 1. The summed E-state index contributed by atoms with van der Waals surface area (Å²) in [6.45, 7) is 0. The van der Waals surface area contributed by atoms with Gasteiger partial charge in [0.15, 0.2) is 5.78 Å². The molecule has 1 N–H and O–H groups in total. The Bertz CT molecular complexity index is 639. The van der Waals surface area contributed by atoms with Gasteiger partial charge in [0.1, 0.15) is 16.5 Å². The fourth-order valence-corrected chi connectivity index (χ4v) is 2.10. The lowest BCUT2D eigenvalue weighted by molar-refractivity contribution is 0.103. The Morgan fingerprint density at radius 2 is 1.95 bits per heavy atom. The monoisotopic (exact) mass is 296 g/mol. The van der Waals surface area contributed by atoms with E-state index in [-0.39, 0.29) is 22.3 Å². The fourth-order valence-electron chi connectivity index (χ4n) is 1.71. The molecule has 0 heterocycles. The maximum absolute atomic E-state index is 12.3. The van der Waals surface area contributed by atoms with Gasteiger partial charge in [-0.3, -0.25) is 4.79 Å². The van der Waals surface area contributed by atoms with Crippen LogP contribution in [-0.4, -0.2) is 18.0 Å². The predicted molar refractivity (Wildman–Crippen MR) is 74.6 cm³/mol. The molecule has 0 bridgehead atoms. The van der Waals surface area contributed by atoms with Gasteiger partial charge in [-0.05, 0) is 24.3 Å². The molecule has 0 amide bonds. The SMILES string of the molecule is COc1c(C(=O)c2cccc(O)c2)ccc(Cl)c1Cl. The first-order valence-electron chi connectivity index (χ1n) is 5.40. The molecule has 0 saturated heterocycles. The van der Waals surface area contributed by atoms with Gasteiger partial charge in [0.05, 0.1) is 17.7 Å². The molecule has 98 valence electrons. The van der Waals surface area contributed by atoms with Crippen molar-refractivity contribution in [3.63, 3.8) is 0 Å². The second-order valence-corrected chi connectivity index (χ2v) is 4.61. The summed E-state index contributed by atoms with van der Waals surface area (Å²) >= 11 is 11.9. The number of benzene rings is 2. The van der Waals surface area contributed by atoms with Gasteiger partial charge in [0.2, 0.25) is 0 Å². The molecule has 0 atom stereocenters. The van der Waals surface area contributed by atoms with Gasteiger partial charge in [-0.1, -0.05) is 35.3 Å². The molecule has 2 aromatic carbocycles. The molecule has 5 heteroatoms. The lowest BCUT2D eigenvalue weighted by atomic mass is 10.0. The van der Waals surface area contributed by atoms with Crippen molar-refractivity contribution in [2.24, 2.45) is 0 Å². The summed E-state index contributed by atoms with van der Waals surface area (Å²) in [6, 6.07) is 9.13. The highest BCUT2D eigenvalue weighted by Gasteiger charge is 2.19. The van der Waals surface area contributed by atoms with E-state index in [1.165, 1.54) is 25.3 Å². The van der Waals surface area contributed by atoms with Gasteiger partial charge in [-0.25, -0.2) is 0 Å². The van der Waals surface area contributed by atoms with Crippen molar-refractivity contribution >= 4 is 29.0 Å². The summed E-state index contributed by atoms with van der Waals surface area (Å²) in [4.78, 5) is 12.3. The highest BCUT2D eigenvalue weighted by molar-refractivity contribution is 6.43. The second-order valence-electron chi connectivity index (χ2n) is 3.82. The Morgan fingerprint density at radius 1 is 1.21 bits per heavy atom. The van der Waals surface area contributed by atoms with Crippen LogP contribution in [0, 0.1) is 0 Å². The van der Waals surface area contributed by atoms with Crippen LogP contribution in [0.4, 0.5) is 0 Å². The number of rotatable bonds is 3. The summed E-state index contributed by atoms with van der Waals surface area (Å²) in [5, 5.41) is 9.90. The average Bonchev–Trinajstić information content (AvgIpc) is 2.41. The molecular weight excluding hydrogens is 287 g/mol. The molecule has 0 unspecified atom stereocenters. The van der Waals surface area contributed by atoms with Gasteiger partial charge < -0.3 is 9.84 Å². The number of hydrogen-bond donors (Lipinski definition) is 1.